The lowest BCUT2D eigenvalue weighted by molar-refractivity contribution is 0.216. The molecular weight excluding hydrogens is 250 g/mol. The van der Waals surface area contributed by atoms with Gasteiger partial charge in [-0.15, -0.1) is 0 Å². The predicted molar refractivity (Wildman–Crippen MR) is 71.9 cm³/mol. The Morgan fingerprint density at radius 3 is 2.56 bits per heavy atom. The second kappa shape index (κ2) is 6.31. The molecule has 2 N–H and O–H groups in total. The number of sulfonamides is 1. The molecule has 102 valence electrons. The monoisotopic (exact) mass is 271 g/mol. The van der Waals surface area contributed by atoms with Crippen molar-refractivity contribution < 1.29 is 13.5 Å². The van der Waals surface area contributed by atoms with Crippen molar-refractivity contribution in [2.24, 2.45) is 5.92 Å². The molecular formula is C13H21NO3S. The van der Waals surface area contributed by atoms with Gasteiger partial charge in [-0.25, -0.2) is 13.1 Å². The minimum absolute atomic E-state index is 0.0430. The molecule has 4 nitrogen and oxygen atoms in total. The maximum atomic E-state index is 12.1. The average Bonchev–Trinajstić information content (AvgIpc) is 2.37. The summed E-state index contributed by atoms with van der Waals surface area (Å²) in [6, 6.07) is 6.60. The van der Waals surface area contributed by atoms with Gasteiger partial charge >= 0.3 is 0 Å². The summed E-state index contributed by atoms with van der Waals surface area (Å²) in [5, 5.41) is 9.02. The van der Waals surface area contributed by atoms with Crippen LogP contribution in [-0.2, 0) is 16.4 Å². The van der Waals surface area contributed by atoms with Gasteiger partial charge in [0.1, 0.15) is 0 Å². The number of aliphatic hydroxyl groups excluding tert-OH is 1. The van der Waals surface area contributed by atoms with E-state index < -0.39 is 10.0 Å². The Labute approximate surface area is 109 Å². The molecule has 0 spiro atoms. The maximum Gasteiger partial charge on any atom is 0.240 e. The molecule has 0 radical (unpaired) electrons. The van der Waals surface area contributed by atoms with E-state index in [-0.39, 0.29) is 23.5 Å². The zero-order chi connectivity index (χ0) is 13.8. The van der Waals surface area contributed by atoms with Crippen LogP contribution >= 0.6 is 0 Å². The molecule has 0 aromatic heterocycles. The number of benzene rings is 1. The van der Waals surface area contributed by atoms with Gasteiger partial charge in [-0.2, -0.15) is 0 Å². The van der Waals surface area contributed by atoms with Crippen molar-refractivity contribution in [2.45, 2.75) is 38.1 Å². The molecule has 5 heteroatoms. The zero-order valence-electron chi connectivity index (χ0n) is 11.1. The summed E-state index contributed by atoms with van der Waals surface area (Å²) in [6.07, 6.45) is 0.798. The Bertz CT molecular complexity index is 485. The fourth-order valence-electron chi connectivity index (χ4n) is 1.52. The average molecular weight is 271 g/mol. The Morgan fingerprint density at radius 1 is 1.33 bits per heavy atom. The summed E-state index contributed by atoms with van der Waals surface area (Å²) in [4.78, 5) is 0.277. The van der Waals surface area contributed by atoms with Gasteiger partial charge in [0.25, 0.3) is 0 Å². The Hall–Kier alpha value is -0.910. The quantitative estimate of drug-likeness (QED) is 0.825. The molecule has 1 aromatic carbocycles. The van der Waals surface area contributed by atoms with E-state index in [9.17, 15) is 8.42 Å². The molecule has 0 amide bonds. The second-order valence-electron chi connectivity index (χ2n) is 4.57. The number of aliphatic hydroxyl groups is 1. The first-order valence-corrected chi connectivity index (χ1v) is 7.61. The van der Waals surface area contributed by atoms with Crippen LogP contribution in [0.4, 0.5) is 0 Å². The smallest absolute Gasteiger partial charge is 0.240 e. The third kappa shape index (κ3) is 3.80. The molecule has 1 rings (SSSR count). The largest absolute Gasteiger partial charge is 0.396 e. The van der Waals surface area contributed by atoms with Gasteiger partial charge in [0.05, 0.1) is 4.90 Å². The second-order valence-corrected chi connectivity index (χ2v) is 6.28. The maximum absolute atomic E-state index is 12.1. The van der Waals surface area contributed by atoms with Crippen LogP contribution in [0.1, 0.15) is 26.3 Å². The van der Waals surface area contributed by atoms with Crippen LogP contribution < -0.4 is 4.72 Å². The van der Waals surface area contributed by atoms with E-state index in [0.29, 0.717) is 0 Å². The lowest BCUT2D eigenvalue weighted by atomic mass is 10.1. The Morgan fingerprint density at radius 2 is 2.00 bits per heavy atom. The van der Waals surface area contributed by atoms with Crippen LogP contribution in [0, 0.1) is 5.92 Å². The van der Waals surface area contributed by atoms with E-state index in [2.05, 4.69) is 4.72 Å². The van der Waals surface area contributed by atoms with Crippen molar-refractivity contribution >= 4 is 10.0 Å². The fourth-order valence-corrected chi connectivity index (χ4v) is 2.94. The molecule has 0 saturated heterocycles. The lowest BCUT2D eigenvalue weighted by Gasteiger charge is -2.19. The summed E-state index contributed by atoms with van der Waals surface area (Å²) in [5.74, 6) is -0.117. The highest BCUT2D eigenvalue weighted by Crippen LogP contribution is 2.14. The van der Waals surface area contributed by atoms with Gasteiger partial charge in [0.2, 0.25) is 10.0 Å². The molecule has 0 aliphatic carbocycles. The third-order valence-corrected chi connectivity index (χ3v) is 4.66. The van der Waals surface area contributed by atoms with Gasteiger partial charge in [-0.05, 0) is 37.0 Å². The summed E-state index contributed by atoms with van der Waals surface area (Å²) < 4.78 is 26.9. The number of hydrogen-bond donors (Lipinski definition) is 2. The van der Waals surface area contributed by atoms with E-state index in [1.54, 1.807) is 32.0 Å². The third-order valence-electron chi connectivity index (χ3n) is 3.10. The molecule has 0 aliphatic heterocycles. The normalized spacial score (nSPS) is 15.3. The van der Waals surface area contributed by atoms with E-state index >= 15 is 0 Å². The first-order valence-electron chi connectivity index (χ1n) is 6.12. The number of rotatable bonds is 6. The minimum Gasteiger partial charge on any atom is -0.396 e. The Kier molecular flexibility index (Phi) is 5.31. The van der Waals surface area contributed by atoms with Crippen molar-refractivity contribution in [3.63, 3.8) is 0 Å². The van der Waals surface area contributed by atoms with E-state index in [0.717, 1.165) is 12.0 Å². The van der Waals surface area contributed by atoms with E-state index in [4.69, 9.17) is 5.11 Å². The highest BCUT2D eigenvalue weighted by Gasteiger charge is 2.20. The standard InChI is InChI=1S/C13H21NO3S/c1-4-12-6-5-7-13(8-12)18(16,17)14-11(3)10(2)9-15/h5-8,10-11,14-15H,4,9H2,1-3H3. The van der Waals surface area contributed by atoms with Gasteiger partial charge in [0.15, 0.2) is 0 Å². The van der Waals surface area contributed by atoms with Gasteiger partial charge in [-0.3, -0.25) is 0 Å². The molecule has 0 saturated carbocycles. The van der Waals surface area contributed by atoms with Crippen LogP contribution in [0.15, 0.2) is 29.2 Å². The summed E-state index contributed by atoms with van der Waals surface area (Å²) in [7, 11) is -3.51. The fraction of sp³-hybridized carbons (Fsp3) is 0.538. The highest BCUT2D eigenvalue weighted by molar-refractivity contribution is 7.89. The van der Waals surface area contributed by atoms with E-state index in [1.807, 2.05) is 13.0 Å². The minimum atomic E-state index is -3.51. The number of aryl methyl sites for hydroxylation is 1. The lowest BCUT2D eigenvalue weighted by Crippen LogP contribution is -2.38. The molecule has 0 bridgehead atoms. The topological polar surface area (TPSA) is 66.4 Å². The van der Waals surface area contributed by atoms with Crippen LogP contribution in [0.5, 0.6) is 0 Å². The van der Waals surface area contributed by atoms with Crippen molar-refractivity contribution in [2.75, 3.05) is 6.61 Å². The number of hydrogen-bond acceptors (Lipinski definition) is 3. The predicted octanol–water partition coefficient (Wildman–Crippen LogP) is 1.54. The summed E-state index contributed by atoms with van der Waals surface area (Å²) in [6.45, 7) is 5.49. The van der Waals surface area contributed by atoms with Gasteiger partial charge in [-0.1, -0.05) is 26.0 Å². The summed E-state index contributed by atoms with van der Waals surface area (Å²) >= 11 is 0. The molecule has 0 aliphatic rings. The molecule has 2 atom stereocenters. The van der Waals surface area contributed by atoms with Crippen LogP contribution in [0.2, 0.25) is 0 Å². The van der Waals surface area contributed by atoms with Crippen LogP contribution in [0.25, 0.3) is 0 Å². The number of nitrogens with one attached hydrogen (secondary N) is 1. The molecule has 18 heavy (non-hydrogen) atoms. The first kappa shape index (κ1) is 15.1. The summed E-state index contributed by atoms with van der Waals surface area (Å²) in [5.41, 5.74) is 0.987. The van der Waals surface area contributed by atoms with Crippen molar-refractivity contribution in [3.8, 4) is 0 Å². The van der Waals surface area contributed by atoms with Crippen molar-refractivity contribution in [3.05, 3.63) is 29.8 Å². The van der Waals surface area contributed by atoms with E-state index in [1.165, 1.54) is 0 Å². The van der Waals surface area contributed by atoms with Crippen LogP contribution in [0.3, 0.4) is 0 Å². The Balaban J connectivity index is 2.92. The molecule has 1 aromatic rings. The van der Waals surface area contributed by atoms with Gasteiger partial charge in [0, 0.05) is 12.6 Å². The van der Waals surface area contributed by atoms with Gasteiger partial charge < -0.3 is 5.11 Å². The van der Waals surface area contributed by atoms with Crippen molar-refractivity contribution in [1.82, 2.24) is 4.72 Å². The van der Waals surface area contributed by atoms with Crippen molar-refractivity contribution in [1.29, 1.82) is 0 Å². The first-order chi connectivity index (χ1) is 8.40. The zero-order valence-corrected chi connectivity index (χ0v) is 11.9. The molecule has 2 unspecified atom stereocenters. The SMILES string of the molecule is CCc1cccc(S(=O)(=O)NC(C)C(C)CO)c1. The molecule has 0 fully saturated rings. The molecule has 0 heterocycles. The highest BCUT2D eigenvalue weighted by atomic mass is 32.2. The van der Waals surface area contributed by atoms with Crippen LogP contribution in [-0.4, -0.2) is 26.2 Å².